The minimum atomic E-state index is -5.08. The van der Waals surface area contributed by atoms with Crippen LogP contribution in [0.3, 0.4) is 0 Å². The van der Waals surface area contributed by atoms with Crippen molar-refractivity contribution < 1.29 is 26.9 Å². The van der Waals surface area contributed by atoms with Crippen LogP contribution in [0, 0.1) is 21.5 Å². The van der Waals surface area contributed by atoms with Gasteiger partial charge in [-0.25, -0.2) is 18.8 Å². The summed E-state index contributed by atoms with van der Waals surface area (Å²) in [4.78, 5) is 21.1. The Hall–Kier alpha value is -2.67. The predicted molar refractivity (Wildman–Crippen MR) is 133 cm³/mol. The number of urea groups is 1. The average molecular weight is 565 g/mol. The van der Waals surface area contributed by atoms with Crippen molar-refractivity contribution in [3.8, 4) is 0 Å². The molecule has 3 saturated heterocycles. The molecule has 1 aromatic carbocycles. The molecule has 210 valence electrons. The lowest BCUT2D eigenvalue weighted by Gasteiger charge is -2.63. The molecule has 0 radical (unpaired) electrons. The first-order chi connectivity index (χ1) is 18.4. The highest BCUT2D eigenvalue weighted by Gasteiger charge is 2.58. The van der Waals surface area contributed by atoms with Gasteiger partial charge in [0.05, 0.1) is 24.0 Å². The summed E-state index contributed by atoms with van der Waals surface area (Å²) in [6.07, 6.45) is 4.79. The van der Waals surface area contributed by atoms with E-state index in [1.54, 1.807) is 12.1 Å². The van der Waals surface area contributed by atoms with Crippen LogP contribution in [0.4, 0.5) is 18.0 Å². The summed E-state index contributed by atoms with van der Waals surface area (Å²) in [5, 5.41) is 7.45. The molecule has 2 amide bonds. The van der Waals surface area contributed by atoms with Crippen molar-refractivity contribution in [2.24, 2.45) is 16.7 Å². The molecule has 0 bridgehead atoms. The second-order valence-electron chi connectivity index (χ2n) is 12.5. The van der Waals surface area contributed by atoms with Gasteiger partial charge in [-0.3, -0.25) is 5.10 Å². The van der Waals surface area contributed by atoms with Gasteiger partial charge < -0.3 is 14.5 Å². The maximum atomic E-state index is 13.0. The van der Waals surface area contributed by atoms with E-state index in [0.717, 1.165) is 87.6 Å². The lowest BCUT2D eigenvalue weighted by Crippen LogP contribution is -2.70. The molecule has 1 atom stereocenters. The van der Waals surface area contributed by atoms with Gasteiger partial charge in [0.2, 0.25) is 0 Å². The molecule has 9 nitrogen and oxygen atoms in total. The molecule has 2 spiro atoms. The zero-order chi connectivity index (χ0) is 27.2. The number of nitrogens with zero attached hydrogens (tertiary/aromatic N) is 4. The Morgan fingerprint density at radius 2 is 1.62 bits per heavy atom. The third kappa shape index (κ3) is 4.14. The maximum absolute atomic E-state index is 13.0. The van der Waals surface area contributed by atoms with E-state index in [9.17, 15) is 22.2 Å². The summed E-state index contributed by atoms with van der Waals surface area (Å²) >= 11 is 0. The molecule has 2 aromatic rings. The van der Waals surface area contributed by atoms with E-state index in [1.165, 1.54) is 0 Å². The molecule has 4 heterocycles. The molecular weight excluding hydrogens is 533 g/mol. The molecule has 1 aromatic heterocycles. The average Bonchev–Trinajstić information content (AvgIpc) is 3.19. The van der Waals surface area contributed by atoms with Gasteiger partial charge >= 0.3 is 11.5 Å². The number of benzene rings is 1. The topological polar surface area (TPSA) is 115 Å². The number of nitrogens with one attached hydrogen (secondary N) is 2. The van der Waals surface area contributed by atoms with Gasteiger partial charge in [-0.15, -0.1) is 0 Å². The number of carbonyl (C=O) groups excluding carboxylic acids is 1. The first kappa shape index (κ1) is 25.3. The fourth-order valence-corrected chi connectivity index (χ4v) is 8.11. The molecule has 39 heavy (non-hydrogen) atoms. The van der Waals surface area contributed by atoms with Crippen molar-refractivity contribution in [1.29, 1.82) is 4.78 Å². The van der Waals surface area contributed by atoms with Crippen LogP contribution in [-0.2, 0) is 20.9 Å². The lowest BCUT2D eigenvalue weighted by molar-refractivity contribution is -0.100. The maximum Gasteiger partial charge on any atom is 0.483 e. The number of amides is 2. The molecule has 2 N–H and O–H groups in total. The standard InChI is InChI=1S/C26H31F3N6O3S/c27-26(28,29)39(30,37)20-3-1-16(2-4-20)5-17-6-24(7-17)12-34(13-24)23(36)35-14-25(15-35)8-18(9-25)21-31-22(33-32-21)19-10-38-11-19/h1-4,17-19,30H,5-15H2,(H,31,32,33). The van der Waals surface area contributed by atoms with Crippen LogP contribution in [0.1, 0.15) is 54.7 Å². The number of hydrogen-bond acceptors (Lipinski definition) is 6. The number of aromatic amines is 1. The molecular formula is C26H31F3N6O3S. The first-order valence-electron chi connectivity index (χ1n) is 13.4. The van der Waals surface area contributed by atoms with Crippen LogP contribution in [0.15, 0.2) is 29.2 Å². The van der Waals surface area contributed by atoms with Crippen LogP contribution >= 0.6 is 0 Å². The molecule has 5 aliphatic rings. The van der Waals surface area contributed by atoms with Crippen molar-refractivity contribution in [1.82, 2.24) is 25.0 Å². The minimum Gasteiger partial charge on any atom is -0.380 e. The summed E-state index contributed by atoms with van der Waals surface area (Å²) in [6.45, 7) is 4.54. The zero-order valence-corrected chi connectivity index (χ0v) is 22.2. The van der Waals surface area contributed by atoms with Crippen LogP contribution in [0.2, 0.25) is 0 Å². The van der Waals surface area contributed by atoms with Crippen molar-refractivity contribution in [3.05, 3.63) is 41.5 Å². The number of ether oxygens (including phenoxy) is 1. The van der Waals surface area contributed by atoms with E-state index in [-0.39, 0.29) is 16.9 Å². The van der Waals surface area contributed by atoms with Crippen molar-refractivity contribution in [2.45, 2.75) is 54.3 Å². The van der Waals surface area contributed by atoms with Crippen molar-refractivity contribution in [3.63, 3.8) is 0 Å². The Balaban J connectivity index is 0.837. The Morgan fingerprint density at radius 1 is 1.03 bits per heavy atom. The van der Waals surface area contributed by atoms with E-state index >= 15 is 0 Å². The van der Waals surface area contributed by atoms with Gasteiger partial charge in [-0.05, 0) is 55.7 Å². The zero-order valence-electron chi connectivity index (χ0n) is 21.4. The molecule has 7 rings (SSSR count). The third-order valence-electron chi connectivity index (χ3n) is 9.46. The number of likely N-dealkylation sites (tertiary alicyclic amines) is 2. The number of halogens is 3. The number of hydrogen-bond donors (Lipinski definition) is 2. The summed E-state index contributed by atoms with van der Waals surface area (Å²) in [7, 11) is -4.82. The van der Waals surface area contributed by atoms with Crippen LogP contribution < -0.4 is 0 Å². The van der Waals surface area contributed by atoms with Gasteiger partial charge in [0.1, 0.15) is 5.82 Å². The molecule has 2 saturated carbocycles. The van der Waals surface area contributed by atoms with Crippen LogP contribution in [0.25, 0.3) is 0 Å². The molecule has 13 heteroatoms. The monoisotopic (exact) mass is 564 g/mol. The quantitative estimate of drug-likeness (QED) is 0.568. The summed E-state index contributed by atoms with van der Waals surface area (Å²) in [5.74, 6) is 2.94. The van der Waals surface area contributed by atoms with Crippen LogP contribution in [0.5, 0.6) is 0 Å². The van der Waals surface area contributed by atoms with E-state index in [1.807, 2.05) is 9.80 Å². The smallest absolute Gasteiger partial charge is 0.380 e. The van der Waals surface area contributed by atoms with Gasteiger partial charge in [0.15, 0.2) is 15.6 Å². The van der Waals surface area contributed by atoms with Gasteiger partial charge in [-0.2, -0.15) is 18.3 Å². The van der Waals surface area contributed by atoms with Crippen molar-refractivity contribution in [2.75, 3.05) is 39.4 Å². The fourth-order valence-electron chi connectivity index (χ4n) is 7.32. The molecule has 2 aliphatic carbocycles. The summed E-state index contributed by atoms with van der Waals surface area (Å²) in [5.41, 5.74) is -3.80. The fraction of sp³-hybridized carbons (Fsp3) is 0.654. The van der Waals surface area contributed by atoms with Crippen LogP contribution in [-0.4, -0.2) is 80.1 Å². The Morgan fingerprint density at radius 3 is 2.15 bits per heavy atom. The highest BCUT2D eigenvalue weighted by molar-refractivity contribution is 7.93. The summed E-state index contributed by atoms with van der Waals surface area (Å²) in [6, 6.07) is 5.55. The third-order valence-corrected chi connectivity index (χ3v) is 11.1. The minimum absolute atomic E-state index is 0.129. The number of aromatic nitrogens is 3. The van der Waals surface area contributed by atoms with Crippen molar-refractivity contribution >= 4 is 15.8 Å². The Bertz CT molecular complexity index is 1380. The summed E-state index contributed by atoms with van der Waals surface area (Å²) < 4.78 is 62.8. The second-order valence-corrected chi connectivity index (χ2v) is 14.6. The molecule has 3 aliphatic heterocycles. The number of carbonyl (C=O) groups is 1. The first-order valence-corrected chi connectivity index (χ1v) is 15.0. The van der Waals surface area contributed by atoms with Gasteiger partial charge in [-0.1, -0.05) is 12.1 Å². The molecule has 5 fully saturated rings. The van der Waals surface area contributed by atoms with Gasteiger partial charge in [0, 0.05) is 42.9 Å². The van der Waals surface area contributed by atoms with E-state index in [4.69, 9.17) is 9.52 Å². The Labute approximate surface area is 224 Å². The highest BCUT2D eigenvalue weighted by Crippen LogP contribution is 2.57. The predicted octanol–water partition coefficient (Wildman–Crippen LogP) is 4.10. The van der Waals surface area contributed by atoms with Gasteiger partial charge in [0.25, 0.3) is 0 Å². The largest absolute Gasteiger partial charge is 0.483 e. The Kier molecular flexibility index (Phi) is 5.46. The second kappa shape index (κ2) is 8.42. The highest BCUT2D eigenvalue weighted by atomic mass is 32.2. The van der Waals surface area contributed by atoms with E-state index in [2.05, 4.69) is 15.2 Å². The number of alkyl halides is 3. The van der Waals surface area contributed by atoms with E-state index in [0.29, 0.717) is 31.0 Å². The lowest BCUT2D eigenvalue weighted by atomic mass is 9.56. The molecule has 1 unspecified atom stereocenters. The normalized spacial score (nSPS) is 25.8. The SMILES string of the molecule is N=S(=O)(c1ccc(CC2CC3(C2)CN(C(=O)N2CC4(CC(c5nc(C6COC6)n[nH]5)C4)C2)C3)cc1)C(F)(F)F. The number of H-pyrrole nitrogens is 1. The number of rotatable bonds is 5. The van der Waals surface area contributed by atoms with E-state index < -0.39 is 20.1 Å².